The molecular formula is C10H12BrFN2O2S. The number of nitrogens with zero attached hydrogens (tertiary/aromatic N) is 1. The summed E-state index contributed by atoms with van der Waals surface area (Å²) in [5.41, 5.74) is -0.837. The second-order valence-corrected chi connectivity index (χ2v) is 5.78. The molecule has 0 radical (unpaired) electrons. The lowest BCUT2D eigenvalue weighted by Gasteiger charge is -2.28. The Hall–Kier alpha value is -0.500. The van der Waals surface area contributed by atoms with E-state index in [1.807, 2.05) is 0 Å². The number of pyridine rings is 1. The van der Waals surface area contributed by atoms with Crippen molar-refractivity contribution in [3.63, 3.8) is 0 Å². The molecule has 0 saturated heterocycles. The predicted molar refractivity (Wildman–Crippen MR) is 67.1 cm³/mol. The SMILES string of the molecule is C[S@@+]([O-])N[C@@](C)(CC=O)c1cc(Br)cnc1F. The molecule has 1 N–H and O–H groups in total. The van der Waals surface area contributed by atoms with Crippen LogP contribution in [-0.4, -0.2) is 22.1 Å². The Morgan fingerprint density at radius 3 is 2.94 bits per heavy atom. The maximum atomic E-state index is 13.7. The molecule has 2 atom stereocenters. The lowest BCUT2D eigenvalue weighted by molar-refractivity contribution is -0.108. The van der Waals surface area contributed by atoms with Gasteiger partial charge in [-0.3, -0.25) is 0 Å². The van der Waals surface area contributed by atoms with E-state index in [-0.39, 0.29) is 12.0 Å². The fraction of sp³-hybridized carbons (Fsp3) is 0.400. The van der Waals surface area contributed by atoms with Crippen molar-refractivity contribution >= 4 is 33.6 Å². The largest absolute Gasteiger partial charge is 0.598 e. The molecule has 0 saturated carbocycles. The number of nitrogens with one attached hydrogen (secondary N) is 1. The number of halogens is 2. The molecule has 1 aromatic heterocycles. The first-order chi connectivity index (χ1) is 7.89. The minimum atomic E-state index is -1.37. The van der Waals surface area contributed by atoms with Crippen LogP contribution >= 0.6 is 15.9 Å². The molecule has 0 unspecified atom stereocenters. The number of hydrogen-bond acceptors (Lipinski definition) is 4. The highest BCUT2D eigenvalue weighted by Gasteiger charge is 2.33. The molecule has 0 spiro atoms. The molecule has 94 valence electrons. The van der Waals surface area contributed by atoms with Crippen LogP contribution in [0.1, 0.15) is 18.9 Å². The van der Waals surface area contributed by atoms with Crippen LogP contribution < -0.4 is 4.72 Å². The smallest absolute Gasteiger partial charge is 0.218 e. The number of carbonyl (C=O) groups is 1. The minimum Gasteiger partial charge on any atom is -0.598 e. The zero-order valence-corrected chi connectivity index (χ0v) is 11.8. The maximum Gasteiger partial charge on any atom is 0.218 e. The Balaban J connectivity index is 3.20. The molecule has 0 aliphatic carbocycles. The molecule has 7 heteroatoms. The highest BCUT2D eigenvalue weighted by molar-refractivity contribution is 9.10. The van der Waals surface area contributed by atoms with E-state index in [4.69, 9.17) is 0 Å². The number of carbonyl (C=O) groups excluding carboxylic acids is 1. The zero-order valence-electron chi connectivity index (χ0n) is 9.37. The highest BCUT2D eigenvalue weighted by Crippen LogP contribution is 2.28. The van der Waals surface area contributed by atoms with Gasteiger partial charge in [0, 0.05) is 34.0 Å². The molecule has 0 amide bonds. The van der Waals surface area contributed by atoms with Gasteiger partial charge in [0.05, 0.1) is 5.54 Å². The van der Waals surface area contributed by atoms with Crippen LogP contribution in [0.2, 0.25) is 0 Å². The summed E-state index contributed by atoms with van der Waals surface area (Å²) in [4.78, 5) is 14.2. The molecule has 4 nitrogen and oxygen atoms in total. The number of rotatable bonds is 5. The fourth-order valence-corrected chi connectivity index (χ4v) is 2.66. The zero-order chi connectivity index (χ0) is 13.1. The average Bonchev–Trinajstić information content (AvgIpc) is 2.20. The lowest BCUT2D eigenvalue weighted by atomic mass is 9.91. The Bertz CT molecular complexity index is 419. The van der Waals surface area contributed by atoms with Gasteiger partial charge in [-0.25, -0.2) is 4.98 Å². The minimum absolute atomic E-state index is 0.00162. The summed E-state index contributed by atoms with van der Waals surface area (Å²) < 4.78 is 28.2. The summed E-state index contributed by atoms with van der Waals surface area (Å²) in [5.74, 6) is -0.685. The molecule has 1 aromatic rings. The first-order valence-corrected chi connectivity index (χ1v) is 7.10. The van der Waals surface area contributed by atoms with Crippen molar-refractivity contribution in [1.82, 2.24) is 9.71 Å². The Labute approximate surface area is 110 Å². The van der Waals surface area contributed by atoms with Gasteiger partial charge in [0.15, 0.2) is 0 Å². The third-order valence-corrected chi connectivity index (χ3v) is 3.43. The van der Waals surface area contributed by atoms with Gasteiger partial charge >= 0.3 is 0 Å². The molecule has 17 heavy (non-hydrogen) atoms. The van der Waals surface area contributed by atoms with Gasteiger partial charge in [0.1, 0.15) is 12.5 Å². The van der Waals surface area contributed by atoms with Gasteiger partial charge in [0.25, 0.3) is 0 Å². The van der Waals surface area contributed by atoms with Gasteiger partial charge in [-0.15, -0.1) is 4.72 Å². The lowest BCUT2D eigenvalue weighted by Crippen LogP contribution is -2.44. The van der Waals surface area contributed by atoms with E-state index >= 15 is 0 Å². The molecule has 0 fully saturated rings. The molecular weight excluding hydrogens is 311 g/mol. The van der Waals surface area contributed by atoms with Crippen LogP contribution in [0.25, 0.3) is 0 Å². The summed E-state index contributed by atoms with van der Waals surface area (Å²) in [6, 6.07) is 1.52. The first kappa shape index (κ1) is 14.6. The Kier molecular flexibility index (Phi) is 5.05. The van der Waals surface area contributed by atoms with Gasteiger partial charge in [0.2, 0.25) is 5.95 Å². The molecule has 0 aliphatic heterocycles. The Morgan fingerprint density at radius 1 is 1.76 bits per heavy atom. The predicted octanol–water partition coefficient (Wildman–Crippen LogP) is 1.67. The van der Waals surface area contributed by atoms with Gasteiger partial charge in [-0.1, -0.05) is 0 Å². The molecule has 0 aliphatic rings. The van der Waals surface area contributed by atoms with E-state index in [1.165, 1.54) is 18.5 Å². The van der Waals surface area contributed by atoms with Crippen molar-refractivity contribution in [3.8, 4) is 0 Å². The topological polar surface area (TPSA) is 65.0 Å². The van der Waals surface area contributed by atoms with E-state index < -0.39 is 22.8 Å². The summed E-state index contributed by atoms with van der Waals surface area (Å²) in [7, 11) is 0. The molecule has 1 heterocycles. The van der Waals surface area contributed by atoms with E-state index in [1.54, 1.807) is 6.92 Å². The van der Waals surface area contributed by atoms with E-state index in [9.17, 15) is 13.7 Å². The van der Waals surface area contributed by atoms with Crippen molar-refractivity contribution in [2.75, 3.05) is 6.26 Å². The third kappa shape index (κ3) is 3.74. The van der Waals surface area contributed by atoms with Crippen molar-refractivity contribution in [2.24, 2.45) is 0 Å². The van der Waals surface area contributed by atoms with Crippen LogP contribution in [0, 0.1) is 5.95 Å². The van der Waals surface area contributed by atoms with Crippen LogP contribution in [0.4, 0.5) is 4.39 Å². The van der Waals surface area contributed by atoms with Crippen LogP contribution in [0.15, 0.2) is 16.7 Å². The van der Waals surface area contributed by atoms with Crippen molar-refractivity contribution in [2.45, 2.75) is 18.9 Å². The summed E-state index contributed by atoms with van der Waals surface area (Å²) in [6.07, 6.45) is 3.40. The fourth-order valence-electron chi connectivity index (χ4n) is 1.50. The average molecular weight is 323 g/mol. The van der Waals surface area contributed by atoms with Crippen LogP contribution in [0.5, 0.6) is 0 Å². The van der Waals surface area contributed by atoms with E-state index in [0.29, 0.717) is 10.8 Å². The van der Waals surface area contributed by atoms with E-state index in [0.717, 1.165) is 0 Å². The summed E-state index contributed by atoms with van der Waals surface area (Å²) >= 11 is 1.81. The molecule has 0 bridgehead atoms. The number of aldehydes is 1. The third-order valence-electron chi connectivity index (χ3n) is 2.26. The van der Waals surface area contributed by atoms with Crippen molar-refractivity contribution in [3.05, 3.63) is 28.2 Å². The maximum absolute atomic E-state index is 13.7. The van der Waals surface area contributed by atoms with Crippen LogP contribution in [-0.2, 0) is 21.7 Å². The van der Waals surface area contributed by atoms with E-state index in [2.05, 4.69) is 25.6 Å². The first-order valence-electron chi connectivity index (χ1n) is 4.75. The standard InChI is InChI=1S/C10H12BrFN2O2S/c1-10(3-4-15,14-17(2)16)8-5-7(11)6-13-9(8)12/h4-6,14H,3H2,1-2H3/t10-,17+/m0/s1. The molecule has 0 aromatic carbocycles. The quantitative estimate of drug-likeness (QED) is 0.509. The van der Waals surface area contributed by atoms with Crippen molar-refractivity contribution < 1.29 is 13.7 Å². The monoisotopic (exact) mass is 322 g/mol. The molecule has 1 rings (SSSR count). The number of hydrogen-bond donors (Lipinski definition) is 1. The number of aromatic nitrogens is 1. The van der Waals surface area contributed by atoms with Crippen LogP contribution in [0.3, 0.4) is 0 Å². The summed E-state index contributed by atoms with van der Waals surface area (Å²) in [5, 5.41) is 0. The van der Waals surface area contributed by atoms with Gasteiger partial charge in [-0.05, 0) is 28.9 Å². The highest BCUT2D eigenvalue weighted by atomic mass is 79.9. The van der Waals surface area contributed by atoms with Crippen molar-refractivity contribution in [1.29, 1.82) is 0 Å². The summed E-state index contributed by atoms with van der Waals surface area (Å²) in [6.45, 7) is 1.61. The Morgan fingerprint density at radius 2 is 2.41 bits per heavy atom. The van der Waals surface area contributed by atoms with Gasteiger partial charge in [-0.2, -0.15) is 4.39 Å². The second kappa shape index (κ2) is 5.90. The normalized spacial score (nSPS) is 16.3. The second-order valence-electron chi connectivity index (χ2n) is 3.75. The van der Waals surface area contributed by atoms with Gasteiger partial charge < -0.3 is 9.35 Å².